The van der Waals surface area contributed by atoms with Crippen LogP contribution in [0.5, 0.6) is 0 Å². The van der Waals surface area contributed by atoms with Crippen molar-refractivity contribution in [2.24, 2.45) is 0 Å². The van der Waals surface area contributed by atoms with E-state index in [9.17, 15) is 0 Å². The predicted molar refractivity (Wildman–Crippen MR) is 122 cm³/mol. The fraction of sp³-hybridized carbons (Fsp3) is 0.720. The van der Waals surface area contributed by atoms with Gasteiger partial charge in [0, 0.05) is 0 Å². The van der Waals surface area contributed by atoms with Gasteiger partial charge in [-0.15, -0.1) is 0 Å². The van der Waals surface area contributed by atoms with Crippen molar-refractivity contribution in [3.63, 3.8) is 0 Å². The molecule has 3 aliphatic rings. The number of hydrogen-bond acceptors (Lipinski definition) is 0. The standard InChI is InChI=1S/C7H6.3C6H11.2ClH.H2P.Ru/c1-7-5-3-2-4-6-7;3*1-2-4-6-5-3-1;;;;/h1-6H;3*1H,2-6H2;2*1H;1H2;/q;;;;;;-1;+3/p-2. The first-order valence-electron chi connectivity index (χ1n) is 11.7. The van der Waals surface area contributed by atoms with Gasteiger partial charge < -0.3 is 24.8 Å². The van der Waals surface area contributed by atoms with Gasteiger partial charge in [0.1, 0.15) is 0 Å². The van der Waals surface area contributed by atoms with E-state index in [1.807, 2.05) is 0 Å². The van der Waals surface area contributed by atoms with Crippen molar-refractivity contribution in [2.45, 2.75) is 110 Å². The maximum atomic E-state index is 3.85. The second-order valence-electron chi connectivity index (χ2n) is 9.34. The van der Waals surface area contributed by atoms with Crippen LogP contribution in [0.1, 0.15) is 102 Å². The topological polar surface area (TPSA) is 0 Å². The average Bonchev–Trinajstić information content (AvgIpc) is 2.76. The Kier molecular flexibility index (Phi) is 10.3. The van der Waals surface area contributed by atoms with E-state index in [4.69, 9.17) is 0 Å². The van der Waals surface area contributed by atoms with Crippen LogP contribution in [0.2, 0.25) is 13.5 Å². The Hall–Kier alpha value is 0.723. The van der Waals surface area contributed by atoms with Crippen LogP contribution in [0, 0.1) is 0 Å². The first-order valence-corrected chi connectivity index (χ1v) is 19.1. The zero-order valence-electron chi connectivity index (χ0n) is 18.0. The van der Waals surface area contributed by atoms with E-state index in [0.29, 0.717) is 0 Å². The molecule has 0 amide bonds. The summed E-state index contributed by atoms with van der Waals surface area (Å²) in [5, 5.41) is 0. The Morgan fingerprint density at radius 2 is 0.931 bits per heavy atom. The van der Waals surface area contributed by atoms with Crippen LogP contribution in [0.25, 0.3) is 0 Å². The van der Waals surface area contributed by atoms with Crippen molar-refractivity contribution >= 4 is 12.2 Å². The van der Waals surface area contributed by atoms with Crippen LogP contribution < -0.4 is 24.8 Å². The number of rotatable bonds is 4. The summed E-state index contributed by atoms with van der Waals surface area (Å²) >= 11 is -2.76. The molecule has 4 heteroatoms. The van der Waals surface area contributed by atoms with Crippen LogP contribution >= 0.6 is 7.57 Å². The van der Waals surface area contributed by atoms with Crippen LogP contribution in [-0.4, -0.2) is 4.61 Å². The van der Waals surface area contributed by atoms with Gasteiger partial charge in [-0.1, -0.05) is 0 Å². The summed E-state index contributed by atoms with van der Waals surface area (Å²) in [6.45, 7) is 0. The summed E-state index contributed by atoms with van der Waals surface area (Å²) in [5.74, 6) is 0. The molecule has 3 saturated carbocycles. The van der Waals surface area contributed by atoms with Crippen molar-refractivity contribution < 1.29 is 37.5 Å². The van der Waals surface area contributed by atoms with Crippen molar-refractivity contribution in [1.29, 1.82) is 0 Å². The molecular weight excluding hydrogens is 503 g/mol. The minimum atomic E-state index is -2.76. The minimum absolute atomic E-state index is 0. The summed E-state index contributed by atoms with van der Waals surface area (Å²) in [6, 6.07) is 11.6. The number of benzene rings is 1. The predicted octanol–water partition coefficient (Wildman–Crippen LogP) is 2.58. The van der Waals surface area contributed by atoms with Crippen LogP contribution in [-0.2, 0) is 12.7 Å². The van der Waals surface area contributed by atoms with Gasteiger partial charge in [0.05, 0.1) is 0 Å². The van der Waals surface area contributed by atoms with Gasteiger partial charge in [-0.05, 0) is 0 Å². The van der Waals surface area contributed by atoms with Gasteiger partial charge in [0.25, 0.3) is 0 Å². The van der Waals surface area contributed by atoms with E-state index in [1.54, 1.807) is 5.56 Å². The van der Waals surface area contributed by atoms with E-state index >= 15 is 0 Å². The molecule has 0 spiro atoms. The molecule has 0 radical (unpaired) electrons. The fourth-order valence-corrected chi connectivity index (χ4v) is 26.7. The van der Waals surface area contributed by atoms with Gasteiger partial charge in [-0.2, -0.15) is 0 Å². The van der Waals surface area contributed by atoms with Crippen molar-refractivity contribution in [1.82, 2.24) is 0 Å². The van der Waals surface area contributed by atoms with E-state index in [0.717, 1.165) is 13.5 Å². The molecule has 0 aromatic heterocycles. The molecule has 1 unspecified atom stereocenters. The summed E-state index contributed by atoms with van der Waals surface area (Å²) in [7, 11) is 3.85. The van der Waals surface area contributed by atoms with Crippen molar-refractivity contribution in [3.05, 3.63) is 35.9 Å². The second kappa shape index (κ2) is 11.5. The maximum absolute atomic E-state index is 3.85. The normalized spacial score (nSPS) is 23.8. The molecule has 3 fully saturated rings. The molecule has 29 heavy (non-hydrogen) atoms. The van der Waals surface area contributed by atoms with E-state index in [1.165, 1.54) is 96.3 Å². The summed E-state index contributed by atoms with van der Waals surface area (Å²) < 4.78 is 6.11. The van der Waals surface area contributed by atoms with Gasteiger partial charge in [-0.3, -0.25) is 0 Å². The molecule has 1 aromatic carbocycles. The van der Waals surface area contributed by atoms with Crippen LogP contribution in [0.15, 0.2) is 30.3 Å². The molecular formula is C25H41Cl2PRu. The zero-order valence-corrected chi connectivity index (χ0v) is 22.4. The monoisotopic (exact) mass is 544 g/mol. The third kappa shape index (κ3) is 5.21. The molecule has 0 aliphatic heterocycles. The average molecular weight is 545 g/mol. The molecule has 0 saturated heterocycles. The molecule has 0 heterocycles. The third-order valence-electron chi connectivity index (χ3n) is 7.71. The molecule has 1 aromatic rings. The molecule has 1 atom stereocenters. The van der Waals surface area contributed by atoms with Gasteiger partial charge in [-0.25, -0.2) is 0 Å². The first kappa shape index (κ1) is 26.0. The van der Waals surface area contributed by atoms with Crippen molar-refractivity contribution in [2.75, 3.05) is 0 Å². The summed E-state index contributed by atoms with van der Waals surface area (Å²) in [5.41, 5.74) is 1.56. The van der Waals surface area contributed by atoms with E-state index in [-0.39, 0.29) is 24.8 Å². The summed E-state index contributed by atoms with van der Waals surface area (Å²) in [4.78, 5) is 0. The zero-order chi connectivity index (χ0) is 18.6. The van der Waals surface area contributed by atoms with E-state index < -0.39 is 12.7 Å². The quantitative estimate of drug-likeness (QED) is 0.404. The fourth-order valence-electron chi connectivity index (χ4n) is 6.29. The van der Waals surface area contributed by atoms with E-state index in [2.05, 4.69) is 42.5 Å². The molecule has 168 valence electrons. The molecule has 0 bridgehead atoms. The Labute approximate surface area is 194 Å². The number of hydrogen-bond donors (Lipinski definition) is 0. The van der Waals surface area contributed by atoms with Gasteiger partial charge in [0.15, 0.2) is 0 Å². The Morgan fingerprint density at radius 3 is 1.28 bits per heavy atom. The molecule has 4 rings (SSSR count). The Morgan fingerprint density at radius 1 is 0.586 bits per heavy atom. The molecule has 0 nitrogen and oxygen atoms in total. The summed E-state index contributed by atoms with van der Waals surface area (Å²) in [6.07, 6.45) is 22.6. The third-order valence-corrected chi connectivity index (χ3v) is 28.9. The Balaban J connectivity index is 0.00000150. The SMILES string of the molecule is [Cl-].[Cl-].[PH2][Ru+2](=[CH]c1ccccc1)([CH]1CCCCC1)([CH]1CCCCC1)[CH]1CCCCC1. The van der Waals surface area contributed by atoms with Crippen molar-refractivity contribution in [3.8, 4) is 0 Å². The number of halogens is 2. The molecule has 0 N–H and O–H groups in total. The second-order valence-corrected chi connectivity index (χ2v) is 25.5. The Bertz CT molecular complexity index is 614. The molecule has 3 aliphatic carbocycles. The van der Waals surface area contributed by atoms with Gasteiger partial charge >= 0.3 is 171 Å². The van der Waals surface area contributed by atoms with Gasteiger partial charge in [0.2, 0.25) is 0 Å². The van der Waals surface area contributed by atoms with Crippen LogP contribution in [0.4, 0.5) is 0 Å². The first-order chi connectivity index (χ1) is 13.2. The van der Waals surface area contributed by atoms with Crippen LogP contribution in [0.3, 0.4) is 0 Å².